The zero-order valence-corrected chi connectivity index (χ0v) is 14.2. The Balaban J connectivity index is 2.04. The van der Waals surface area contributed by atoms with Crippen LogP contribution in [0.25, 0.3) is 6.08 Å². The molecule has 0 unspecified atom stereocenters. The molecule has 0 radical (unpaired) electrons. The molecule has 0 spiro atoms. The maximum absolute atomic E-state index is 12.9. The second-order valence-electron chi connectivity index (χ2n) is 5.83. The van der Waals surface area contributed by atoms with Gasteiger partial charge in [-0.3, -0.25) is 0 Å². The number of nitrogens with zero attached hydrogens (tertiary/aromatic N) is 1. The van der Waals surface area contributed by atoms with Crippen molar-refractivity contribution in [2.75, 3.05) is 0 Å². The molecular formula is C22H16F3NO. The molecule has 0 fully saturated rings. The number of hydrogen-bond acceptors (Lipinski definition) is 1. The van der Waals surface area contributed by atoms with Crippen molar-refractivity contribution in [3.8, 4) is 0 Å². The van der Waals surface area contributed by atoms with Crippen LogP contribution in [0.2, 0.25) is 0 Å². The molecule has 0 saturated heterocycles. The highest BCUT2D eigenvalue weighted by atomic mass is 19.4. The Morgan fingerprint density at radius 1 is 0.778 bits per heavy atom. The molecule has 0 aromatic heterocycles. The van der Waals surface area contributed by atoms with Gasteiger partial charge in [0, 0.05) is 23.8 Å². The van der Waals surface area contributed by atoms with Crippen LogP contribution in [0, 0.1) is 5.21 Å². The van der Waals surface area contributed by atoms with Crippen molar-refractivity contribution in [2.24, 2.45) is 0 Å². The number of rotatable bonds is 4. The molecule has 0 amide bonds. The summed E-state index contributed by atoms with van der Waals surface area (Å²) in [5, 5.41) is 12.9. The van der Waals surface area contributed by atoms with E-state index >= 15 is 0 Å². The Bertz CT molecular complexity index is 944. The number of benzene rings is 3. The van der Waals surface area contributed by atoms with Gasteiger partial charge in [-0.2, -0.15) is 17.9 Å². The molecular weight excluding hydrogens is 351 g/mol. The van der Waals surface area contributed by atoms with Gasteiger partial charge in [0.15, 0.2) is 0 Å². The average molecular weight is 367 g/mol. The highest BCUT2D eigenvalue weighted by Crippen LogP contribution is 2.30. The fourth-order valence-corrected chi connectivity index (χ4v) is 2.55. The molecule has 0 saturated carbocycles. The van der Waals surface area contributed by atoms with Crippen LogP contribution < -0.4 is 0 Å². The zero-order valence-electron chi connectivity index (χ0n) is 14.2. The summed E-state index contributed by atoms with van der Waals surface area (Å²) in [6, 6.07) is 22.6. The normalized spacial score (nSPS) is 12.9. The number of alkyl halides is 3. The predicted octanol–water partition coefficient (Wildman–Crippen LogP) is 6.05. The molecule has 3 aromatic carbocycles. The third kappa shape index (κ3) is 4.64. The minimum atomic E-state index is -4.44. The summed E-state index contributed by atoms with van der Waals surface area (Å²) < 4.78 is 38.9. The van der Waals surface area contributed by atoms with E-state index in [0.29, 0.717) is 16.0 Å². The molecule has 136 valence electrons. The summed E-state index contributed by atoms with van der Waals surface area (Å²) in [7, 11) is 0. The lowest BCUT2D eigenvalue weighted by Gasteiger charge is -2.10. The molecule has 2 nitrogen and oxygen atoms in total. The van der Waals surface area contributed by atoms with Crippen LogP contribution in [0.5, 0.6) is 0 Å². The van der Waals surface area contributed by atoms with Crippen LogP contribution in [0.1, 0.15) is 16.7 Å². The Kier molecular flexibility index (Phi) is 5.41. The lowest BCUT2D eigenvalue weighted by Crippen LogP contribution is -2.11. The van der Waals surface area contributed by atoms with Gasteiger partial charge in [0.25, 0.3) is 0 Å². The van der Waals surface area contributed by atoms with E-state index in [0.717, 1.165) is 17.7 Å². The maximum atomic E-state index is 12.9. The first-order chi connectivity index (χ1) is 12.9. The Morgan fingerprint density at radius 2 is 1.33 bits per heavy atom. The lowest BCUT2D eigenvalue weighted by atomic mass is 10.1. The summed E-state index contributed by atoms with van der Waals surface area (Å²) in [5.41, 5.74) is 1.24. The lowest BCUT2D eigenvalue weighted by molar-refractivity contribution is -0.359. The summed E-state index contributed by atoms with van der Waals surface area (Å²) >= 11 is 0. The highest BCUT2D eigenvalue weighted by molar-refractivity contribution is 6.08. The molecule has 0 bridgehead atoms. The molecule has 0 aliphatic rings. The topological polar surface area (TPSA) is 26.1 Å². The van der Waals surface area contributed by atoms with E-state index in [-0.39, 0.29) is 5.69 Å². The van der Waals surface area contributed by atoms with Crippen molar-refractivity contribution >= 4 is 17.5 Å². The number of halogens is 3. The largest absolute Gasteiger partial charge is 0.618 e. The Hall–Kier alpha value is -3.34. The van der Waals surface area contributed by atoms with Crippen molar-refractivity contribution in [3.63, 3.8) is 0 Å². The summed E-state index contributed by atoms with van der Waals surface area (Å²) in [6.45, 7) is 0. The molecule has 3 aromatic rings. The monoisotopic (exact) mass is 367 g/mol. The predicted molar refractivity (Wildman–Crippen MR) is 101 cm³/mol. The van der Waals surface area contributed by atoms with Crippen LogP contribution in [0.3, 0.4) is 0 Å². The molecule has 3 rings (SSSR count). The van der Waals surface area contributed by atoms with Crippen LogP contribution in [0.4, 0.5) is 18.9 Å². The van der Waals surface area contributed by atoms with Crippen molar-refractivity contribution in [3.05, 3.63) is 113 Å². The van der Waals surface area contributed by atoms with Crippen molar-refractivity contribution in [1.82, 2.24) is 0 Å². The second-order valence-corrected chi connectivity index (χ2v) is 5.83. The molecule has 5 heteroatoms. The van der Waals surface area contributed by atoms with Gasteiger partial charge in [-0.05, 0) is 35.9 Å². The smallest absolute Gasteiger partial charge is 0.416 e. The van der Waals surface area contributed by atoms with Gasteiger partial charge in [0.1, 0.15) is 0 Å². The van der Waals surface area contributed by atoms with E-state index in [1.54, 1.807) is 36.4 Å². The third-order valence-corrected chi connectivity index (χ3v) is 3.95. The van der Waals surface area contributed by atoms with E-state index in [9.17, 15) is 18.4 Å². The first-order valence-electron chi connectivity index (χ1n) is 8.25. The number of hydrogen-bond donors (Lipinski definition) is 0. The minimum Gasteiger partial charge on any atom is -0.618 e. The molecule has 0 N–H and O–H groups in total. The van der Waals surface area contributed by atoms with Crippen LogP contribution >= 0.6 is 0 Å². The molecule has 0 aliphatic heterocycles. The molecule has 0 atom stereocenters. The molecule has 27 heavy (non-hydrogen) atoms. The fraction of sp³-hybridized carbons (Fsp3) is 0.0455. The Morgan fingerprint density at radius 3 is 1.89 bits per heavy atom. The Labute approximate surface area is 155 Å². The van der Waals surface area contributed by atoms with Crippen LogP contribution in [-0.4, -0.2) is 10.5 Å². The van der Waals surface area contributed by atoms with E-state index in [1.165, 1.54) is 12.1 Å². The zero-order chi connectivity index (χ0) is 19.3. The minimum absolute atomic E-state index is 0.125. The standard InChI is InChI=1S/C22H16F3NO/c23-22(24,25)19-12-14-20(15-13-19)26(27)21(18-9-5-2-6-10-18)16-11-17-7-3-1-4-8-17/h1-16H/b16-11+,26-21-. The van der Waals surface area contributed by atoms with Gasteiger partial charge in [-0.15, -0.1) is 0 Å². The van der Waals surface area contributed by atoms with E-state index in [1.807, 2.05) is 36.4 Å². The summed E-state index contributed by atoms with van der Waals surface area (Å²) in [5.74, 6) is 0. The summed E-state index contributed by atoms with van der Waals surface area (Å²) in [6.07, 6.45) is -0.988. The van der Waals surface area contributed by atoms with Crippen LogP contribution in [-0.2, 0) is 6.18 Å². The first-order valence-corrected chi connectivity index (χ1v) is 8.25. The maximum Gasteiger partial charge on any atom is 0.416 e. The molecule has 0 aliphatic carbocycles. The van der Waals surface area contributed by atoms with E-state index in [2.05, 4.69) is 0 Å². The van der Waals surface area contributed by atoms with Crippen LogP contribution in [0.15, 0.2) is 91.0 Å². The van der Waals surface area contributed by atoms with Crippen molar-refractivity contribution < 1.29 is 17.9 Å². The van der Waals surface area contributed by atoms with E-state index < -0.39 is 11.7 Å². The highest BCUT2D eigenvalue weighted by Gasteiger charge is 2.30. The summed E-state index contributed by atoms with van der Waals surface area (Å²) in [4.78, 5) is 0. The van der Waals surface area contributed by atoms with E-state index in [4.69, 9.17) is 0 Å². The number of allylic oxidation sites excluding steroid dienone is 1. The van der Waals surface area contributed by atoms with Gasteiger partial charge in [0.05, 0.1) is 5.56 Å². The average Bonchev–Trinajstić information content (AvgIpc) is 2.69. The van der Waals surface area contributed by atoms with Gasteiger partial charge >= 0.3 is 6.18 Å². The van der Waals surface area contributed by atoms with Crippen molar-refractivity contribution in [1.29, 1.82) is 0 Å². The van der Waals surface area contributed by atoms with Gasteiger partial charge in [-0.1, -0.05) is 48.5 Å². The fourth-order valence-electron chi connectivity index (χ4n) is 2.55. The first kappa shape index (κ1) is 18.5. The quantitative estimate of drug-likeness (QED) is 0.239. The van der Waals surface area contributed by atoms with Gasteiger partial charge in [-0.25, -0.2) is 0 Å². The second kappa shape index (κ2) is 7.91. The molecule has 0 heterocycles. The van der Waals surface area contributed by atoms with Crippen molar-refractivity contribution in [2.45, 2.75) is 6.18 Å². The van der Waals surface area contributed by atoms with Gasteiger partial charge < -0.3 is 5.21 Å². The van der Waals surface area contributed by atoms with Gasteiger partial charge in [0.2, 0.25) is 11.4 Å². The SMILES string of the molecule is [O-]/[N+](=C(/C=C/c1ccccc1)c1ccccc1)c1ccc(C(F)(F)F)cc1. The third-order valence-electron chi connectivity index (χ3n) is 3.95.